The van der Waals surface area contributed by atoms with E-state index in [4.69, 9.17) is 22.1 Å². The molecule has 2 N–H and O–H groups in total. The molecule has 3 atom stereocenters. The Morgan fingerprint density at radius 2 is 2.25 bits per heavy atom. The Balaban J connectivity index is 2.20. The first-order valence-corrected chi connectivity index (χ1v) is 6.10. The number of halogens is 1. The van der Waals surface area contributed by atoms with E-state index in [1.165, 1.54) is 0 Å². The summed E-state index contributed by atoms with van der Waals surface area (Å²) in [7, 11) is 0. The van der Waals surface area contributed by atoms with E-state index in [0.29, 0.717) is 5.92 Å². The molecule has 1 aromatic rings. The van der Waals surface area contributed by atoms with Crippen LogP contribution in [0.1, 0.15) is 30.5 Å². The second-order valence-electron chi connectivity index (χ2n) is 4.56. The van der Waals surface area contributed by atoms with Gasteiger partial charge in [-0.3, -0.25) is 0 Å². The third kappa shape index (κ3) is 2.24. The molecule has 3 unspecified atom stereocenters. The first kappa shape index (κ1) is 11.9. The van der Waals surface area contributed by atoms with Crippen LogP contribution >= 0.6 is 11.6 Å². The van der Waals surface area contributed by atoms with Crippen molar-refractivity contribution in [3.63, 3.8) is 0 Å². The number of hydrogen-bond donors (Lipinski definition) is 1. The fourth-order valence-electron chi connectivity index (χ4n) is 2.28. The Bertz CT molecular complexity index is 380. The lowest BCUT2D eigenvalue weighted by molar-refractivity contribution is 0.0995. The average Bonchev–Trinajstić information content (AvgIpc) is 2.67. The molecule has 0 radical (unpaired) electrons. The predicted molar refractivity (Wildman–Crippen MR) is 66.6 cm³/mol. The highest BCUT2D eigenvalue weighted by atomic mass is 35.5. The molecule has 2 nitrogen and oxygen atoms in total. The maximum atomic E-state index is 6.27. The molecule has 2 rings (SSSR count). The summed E-state index contributed by atoms with van der Waals surface area (Å²) in [4.78, 5) is 0. The molecule has 1 saturated heterocycles. The molecule has 0 spiro atoms. The van der Waals surface area contributed by atoms with Crippen LogP contribution in [0.3, 0.4) is 0 Å². The van der Waals surface area contributed by atoms with Crippen molar-refractivity contribution < 1.29 is 4.74 Å². The largest absolute Gasteiger partial charge is 0.378 e. The van der Waals surface area contributed by atoms with E-state index in [0.717, 1.165) is 29.2 Å². The van der Waals surface area contributed by atoms with Crippen LogP contribution in [0, 0.1) is 12.8 Å². The normalized spacial score (nSPS) is 27.0. The summed E-state index contributed by atoms with van der Waals surface area (Å²) in [6, 6.07) is 6.09. The monoisotopic (exact) mass is 239 g/mol. The molecule has 0 aliphatic carbocycles. The molecule has 0 aromatic heterocycles. The van der Waals surface area contributed by atoms with Gasteiger partial charge < -0.3 is 10.5 Å². The zero-order valence-electron chi connectivity index (χ0n) is 9.74. The van der Waals surface area contributed by atoms with Crippen molar-refractivity contribution in [2.45, 2.75) is 32.4 Å². The van der Waals surface area contributed by atoms with Gasteiger partial charge in [-0.25, -0.2) is 0 Å². The Labute approximate surface area is 102 Å². The Morgan fingerprint density at radius 1 is 1.50 bits per heavy atom. The quantitative estimate of drug-likeness (QED) is 0.861. The molecule has 1 aromatic carbocycles. The van der Waals surface area contributed by atoms with Gasteiger partial charge in [-0.2, -0.15) is 0 Å². The Hall–Kier alpha value is -0.570. The average molecular weight is 240 g/mol. The number of aryl methyl sites for hydroxylation is 1. The number of benzene rings is 1. The lowest BCUT2D eigenvalue weighted by Crippen LogP contribution is -2.26. The van der Waals surface area contributed by atoms with Crippen LogP contribution in [-0.4, -0.2) is 12.7 Å². The molecule has 16 heavy (non-hydrogen) atoms. The highest BCUT2D eigenvalue weighted by molar-refractivity contribution is 6.31. The number of nitrogens with two attached hydrogens (primary N) is 1. The number of rotatable bonds is 2. The van der Waals surface area contributed by atoms with Gasteiger partial charge in [-0.05, 0) is 37.5 Å². The van der Waals surface area contributed by atoms with Crippen LogP contribution < -0.4 is 5.73 Å². The lowest BCUT2D eigenvalue weighted by atomic mass is 9.89. The van der Waals surface area contributed by atoms with E-state index in [1.807, 2.05) is 19.1 Å². The molecule has 88 valence electrons. The number of hydrogen-bond acceptors (Lipinski definition) is 2. The van der Waals surface area contributed by atoms with E-state index in [-0.39, 0.29) is 12.1 Å². The highest BCUT2D eigenvalue weighted by Crippen LogP contribution is 2.32. The maximum Gasteiger partial charge on any atom is 0.0594 e. The third-order valence-electron chi connectivity index (χ3n) is 3.48. The van der Waals surface area contributed by atoms with Crippen LogP contribution in [0.25, 0.3) is 0 Å². The van der Waals surface area contributed by atoms with Gasteiger partial charge in [0.2, 0.25) is 0 Å². The summed E-state index contributed by atoms with van der Waals surface area (Å²) in [6.45, 7) is 4.91. The molecule has 0 bridgehead atoms. The van der Waals surface area contributed by atoms with Crippen molar-refractivity contribution in [3.8, 4) is 0 Å². The summed E-state index contributed by atoms with van der Waals surface area (Å²) >= 11 is 6.11. The summed E-state index contributed by atoms with van der Waals surface area (Å²) in [6.07, 6.45) is 1.28. The minimum absolute atomic E-state index is 0.0237. The first-order chi connectivity index (χ1) is 7.59. The van der Waals surface area contributed by atoms with Crippen LogP contribution in [-0.2, 0) is 4.74 Å². The summed E-state index contributed by atoms with van der Waals surface area (Å²) < 4.78 is 5.55. The molecule has 3 heteroatoms. The van der Waals surface area contributed by atoms with Crippen LogP contribution in [0.15, 0.2) is 18.2 Å². The fourth-order valence-corrected chi connectivity index (χ4v) is 2.47. The molecule has 1 fully saturated rings. The van der Waals surface area contributed by atoms with E-state index in [1.54, 1.807) is 0 Å². The topological polar surface area (TPSA) is 35.2 Å². The molecular formula is C13H18ClNO. The van der Waals surface area contributed by atoms with Crippen molar-refractivity contribution in [1.29, 1.82) is 0 Å². The van der Waals surface area contributed by atoms with Crippen molar-refractivity contribution in [3.05, 3.63) is 34.3 Å². The summed E-state index contributed by atoms with van der Waals surface area (Å²) in [5.74, 6) is 0.402. The van der Waals surface area contributed by atoms with Crippen molar-refractivity contribution in [1.82, 2.24) is 0 Å². The fraction of sp³-hybridized carbons (Fsp3) is 0.538. The smallest absolute Gasteiger partial charge is 0.0594 e. The summed E-state index contributed by atoms with van der Waals surface area (Å²) in [5.41, 5.74) is 8.47. The van der Waals surface area contributed by atoms with Crippen LogP contribution in [0.2, 0.25) is 5.02 Å². The molecule has 1 aliphatic rings. The minimum atomic E-state index is 0.0237. The first-order valence-electron chi connectivity index (χ1n) is 5.73. The van der Waals surface area contributed by atoms with Gasteiger partial charge in [-0.15, -0.1) is 0 Å². The second kappa shape index (κ2) is 4.74. The van der Waals surface area contributed by atoms with E-state index in [2.05, 4.69) is 13.0 Å². The molecular weight excluding hydrogens is 222 g/mol. The summed E-state index contributed by atoms with van der Waals surface area (Å²) in [5, 5.41) is 0.791. The van der Waals surface area contributed by atoms with Gasteiger partial charge in [0.15, 0.2) is 0 Å². The van der Waals surface area contributed by atoms with Gasteiger partial charge in [0.1, 0.15) is 0 Å². The van der Waals surface area contributed by atoms with Gasteiger partial charge in [-0.1, -0.05) is 23.7 Å². The second-order valence-corrected chi connectivity index (χ2v) is 4.97. The molecule has 0 amide bonds. The van der Waals surface area contributed by atoms with Gasteiger partial charge >= 0.3 is 0 Å². The van der Waals surface area contributed by atoms with Gasteiger partial charge in [0.25, 0.3) is 0 Å². The zero-order chi connectivity index (χ0) is 11.7. The standard InChI is InChI=1S/C13H18ClNO/c1-8-3-4-10(7-12(8)14)13(15)11-5-6-16-9(11)2/h3-4,7,9,11,13H,5-6,15H2,1-2H3. The SMILES string of the molecule is Cc1ccc(C(N)C2CCOC2C)cc1Cl. The number of ether oxygens (including phenoxy) is 1. The molecule has 1 aliphatic heterocycles. The van der Waals surface area contributed by atoms with Crippen molar-refractivity contribution >= 4 is 11.6 Å². The Kier molecular flexibility index (Phi) is 3.53. The van der Waals surface area contributed by atoms with Crippen LogP contribution in [0.5, 0.6) is 0 Å². The van der Waals surface area contributed by atoms with E-state index < -0.39 is 0 Å². The van der Waals surface area contributed by atoms with Crippen LogP contribution in [0.4, 0.5) is 0 Å². The van der Waals surface area contributed by atoms with E-state index in [9.17, 15) is 0 Å². The maximum absolute atomic E-state index is 6.27. The lowest BCUT2D eigenvalue weighted by Gasteiger charge is -2.22. The third-order valence-corrected chi connectivity index (χ3v) is 3.88. The van der Waals surface area contributed by atoms with Crippen molar-refractivity contribution in [2.24, 2.45) is 11.7 Å². The minimum Gasteiger partial charge on any atom is -0.378 e. The zero-order valence-corrected chi connectivity index (χ0v) is 10.5. The van der Waals surface area contributed by atoms with E-state index >= 15 is 0 Å². The molecule has 0 saturated carbocycles. The van der Waals surface area contributed by atoms with Gasteiger partial charge in [0, 0.05) is 23.6 Å². The molecule has 1 heterocycles. The highest BCUT2D eigenvalue weighted by Gasteiger charge is 2.30. The Morgan fingerprint density at radius 3 is 2.81 bits per heavy atom. The van der Waals surface area contributed by atoms with Crippen molar-refractivity contribution in [2.75, 3.05) is 6.61 Å². The predicted octanol–water partition coefficient (Wildman–Crippen LogP) is 3.07. The van der Waals surface area contributed by atoms with Gasteiger partial charge in [0.05, 0.1) is 6.10 Å².